The van der Waals surface area contributed by atoms with Crippen molar-refractivity contribution in [2.45, 2.75) is 66.0 Å². The van der Waals surface area contributed by atoms with Crippen molar-refractivity contribution in [3.63, 3.8) is 0 Å². The van der Waals surface area contributed by atoms with Crippen LogP contribution in [-0.4, -0.2) is 16.3 Å². The molecule has 0 unspecified atom stereocenters. The largest absolute Gasteiger partial charge is 0.313 e. The van der Waals surface area contributed by atoms with Gasteiger partial charge in [0.15, 0.2) is 0 Å². The molecule has 1 aliphatic rings. The summed E-state index contributed by atoms with van der Waals surface area (Å²) in [4.78, 5) is 0. The average molecular weight is 249 g/mol. The molecule has 1 aromatic heterocycles. The fraction of sp³-hybridized carbons (Fsp3) is 0.800. The lowest BCUT2D eigenvalue weighted by Gasteiger charge is -2.08. The molecule has 0 aliphatic heterocycles. The smallest absolute Gasteiger partial charge is 0.0669 e. The van der Waals surface area contributed by atoms with Gasteiger partial charge in [0.2, 0.25) is 0 Å². The fourth-order valence-corrected chi connectivity index (χ4v) is 2.56. The molecule has 1 N–H and O–H groups in total. The Hall–Kier alpha value is -0.830. The number of hydrogen-bond acceptors (Lipinski definition) is 2. The summed E-state index contributed by atoms with van der Waals surface area (Å²) in [7, 11) is 0. The average Bonchev–Trinajstić information content (AvgIpc) is 3.12. The minimum atomic E-state index is 0.899. The van der Waals surface area contributed by atoms with Crippen LogP contribution >= 0.6 is 0 Å². The van der Waals surface area contributed by atoms with Crippen molar-refractivity contribution in [1.29, 1.82) is 0 Å². The van der Waals surface area contributed by atoms with Crippen molar-refractivity contribution >= 4 is 0 Å². The summed E-state index contributed by atoms with van der Waals surface area (Å²) in [6.07, 6.45) is 6.14. The Balaban J connectivity index is 2.14. The van der Waals surface area contributed by atoms with Gasteiger partial charge in [0, 0.05) is 24.3 Å². The second kappa shape index (κ2) is 6.37. The summed E-state index contributed by atoms with van der Waals surface area (Å²) in [5.41, 5.74) is 4.23. The van der Waals surface area contributed by atoms with Crippen LogP contribution < -0.4 is 5.32 Å². The Morgan fingerprint density at radius 3 is 2.56 bits per heavy atom. The first-order valence-electron chi connectivity index (χ1n) is 7.58. The summed E-state index contributed by atoms with van der Waals surface area (Å²) < 4.78 is 2.29. The highest BCUT2D eigenvalue weighted by Gasteiger charge is 2.24. The molecule has 3 nitrogen and oxygen atoms in total. The van der Waals surface area contributed by atoms with Gasteiger partial charge in [-0.15, -0.1) is 0 Å². The Bertz CT molecular complexity index is 377. The van der Waals surface area contributed by atoms with Crippen LogP contribution in [-0.2, 0) is 25.9 Å². The predicted octanol–water partition coefficient (Wildman–Crippen LogP) is 2.92. The third-order valence-corrected chi connectivity index (χ3v) is 3.78. The molecular weight excluding hydrogens is 222 g/mol. The van der Waals surface area contributed by atoms with Crippen LogP contribution in [0.1, 0.15) is 57.0 Å². The molecular formula is C15H27N3. The van der Waals surface area contributed by atoms with Crippen LogP contribution in [0.5, 0.6) is 0 Å². The third kappa shape index (κ3) is 3.14. The van der Waals surface area contributed by atoms with E-state index in [4.69, 9.17) is 5.10 Å². The predicted molar refractivity (Wildman–Crippen MR) is 75.7 cm³/mol. The molecule has 0 amide bonds. The summed E-state index contributed by atoms with van der Waals surface area (Å²) in [5.74, 6) is 0.899. The van der Waals surface area contributed by atoms with E-state index in [1.807, 2.05) is 0 Å². The Morgan fingerprint density at radius 1 is 1.22 bits per heavy atom. The number of aromatic nitrogens is 2. The van der Waals surface area contributed by atoms with Crippen LogP contribution in [0.4, 0.5) is 0 Å². The number of nitrogens with one attached hydrogen (secondary N) is 1. The molecule has 0 radical (unpaired) electrons. The first kappa shape index (κ1) is 13.6. The second-order valence-electron chi connectivity index (χ2n) is 5.38. The molecule has 3 heteroatoms. The Labute approximate surface area is 111 Å². The monoisotopic (exact) mass is 249 g/mol. The lowest BCUT2D eigenvalue weighted by atomic mass is 10.1. The van der Waals surface area contributed by atoms with E-state index >= 15 is 0 Å². The molecule has 0 spiro atoms. The van der Waals surface area contributed by atoms with Gasteiger partial charge in [-0.05, 0) is 44.6 Å². The summed E-state index contributed by atoms with van der Waals surface area (Å²) in [5, 5.41) is 8.36. The van der Waals surface area contributed by atoms with E-state index < -0.39 is 0 Å². The van der Waals surface area contributed by atoms with Crippen molar-refractivity contribution in [3.05, 3.63) is 17.0 Å². The van der Waals surface area contributed by atoms with E-state index in [-0.39, 0.29) is 0 Å². The molecule has 0 bridgehead atoms. The maximum Gasteiger partial charge on any atom is 0.0669 e. The fourth-order valence-electron chi connectivity index (χ4n) is 2.56. The number of hydrogen-bond donors (Lipinski definition) is 1. The van der Waals surface area contributed by atoms with E-state index in [1.54, 1.807) is 0 Å². The minimum absolute atomic E-state index is 0.899. The number of rotatable bonds is 8. The standard InChI is InChI=1S/C15H27N3/c1-4-9-16-10-13-14(5-2)17-18(15(13)6-3)11-12-7-8-12/h12,16H,4-11H2,1-3H3. The van der Waals surface area contributed by atoms with Crippen LogP contribution in [0.25, 0.3) is 0 Å². The quantitative estimate of drug-likeness (QED) is 0.718. The SMILES string of the molecule is CCCNCc1c(CC)nn(CC2CC2)c1CC. The summed E-state index contributed by atoms with van der Waals surface area (Å²) >= 11 is 0. The van der Waals surface area contributed by atoms with E-state index in [2.05, 4.69) is 30.8 Å². The van der Waals surface area contributed by atoms with Crippen molar-refractivity contribution < 1.29 is 0 Å². The van der Waals surface area contributed by atoms with E-state index in [9.17, 15) is 0 Å². The summed E-state index contributed by atoms with van der Waals surface area (Å²) in [6, 6.07) is 0. The van der Waals surface area contributed by atoms with E-state index in [0.717, 1.165) is 38.4 Å². The van der Waals surface area contributed by atoms with Gasteiger partial charge in [-0.1, -0.05) is 20.8 Å². The first-order valence-corrected chi connectivity index (χ1v) is 7.58. The van der Waals surface area contributed by atoms with Gasteiger partial charge in [-0.2, -0.15) is 5.10 Å². The van der Waals surface area contributed by atoms with Crippen molar-refractivity contribution in [3.8, 4) is 0 Å². The maximum absolute atomic E-state index is 4.84. The normalized spacial score (nSPS) is 15.3. The van der Waals surface area contributed by atoms with Gasteiger partial charge in [-0.25, -0.2) is 0 Å². The molecule has 1 aliphatic carbocycles. The van der Waals surface area contributed by atoms with E-state index in [0.29, 0.717) is 0 Å². The van der Waals surface area contributed by atoms with Crippen LogP contribution in [0, 0.1) is 5.92 Å². The topological polar surface area (TPSA) is 29.9 Å². The molecule has 1 heterocycles. The third-order valence-electron chi connectivity index (χ3n) is 3.78. The van der Waals surface area contributed by atoms with Crippen molar-refractivity contribution in [2.75, 3.05) is 6.54 Å². The molecule has 0 aromatic carbocycles. The maximum atomic E-state index is 4.84. The molecule has 18 heavy (non-hydrogen) atoms. The van der Waals surface area contributed by atoms with E-state index in [1.165, 1.54) is 36.2 Å². The van der Waals surface area contributed by atoms with Crippen molar-refractivity contribution in [1.82, 2.24) is 15.1 Å². The summed E-state index contributed by atoms with van der Waals surface area (Å²) in [6.45, 7) is 9.91. The van der Waals surface area contributed by atoms with Gasteiger partial charge in [0.25, 0.3) is 0 Å². The van der Waals surface area contributed by atoms with Gasteiger partial charge in [0.1, 0.15) is 0 Å². The zero-order valence-corrected chi connectivity index (χ0v) is 12.1. The van der Waals surface area contributed by atoms with Gasteiger partial charge < -0.3 is 5.32 Å². The molecule has 2 rings (SSSR count). The van der Waals surface area contributed by atoms with Crippen molar-refractivity contribution in [2.24, 2.45) is 5.92 Å². The highest BCUT2D eigenvalue weighted by atomic mass is 15.3. The molecule has 1 fully saturated rings. The molecule has 0 saturated heterocycles. The highest BCUT2D eigenvalue weighted by Crippen LogP contribution is 2.31. The minimum Gasteiger partial charge on any atom is -0.313 e. The molecule has 102 valence electrons. The number of nitrogens with zero attached hydrogens (tertiary/aromatic N) is 2. The van der Waals surface area contributed by atoms with Crippen LogP contribution in [0.2, 0.25) is 0 Å². The Morgan fingerprint density at radius 2 is 2.00 bits per heavy atom. The van der Waals surface area contributed by atoms with Crippen LogP contribution in [0.3, 0.4) is 0 Å². The van der Waals surface area contributed by atoms with Gasteiger partial charge in [-0.3, -0.25) is 4.68 Å². The second-order valence-corrected chi connectivity index (χ2v) is 5.38. The highest BCUT2D eigenvalue weighted by molar-refractivity contribution is 5.27. The van der Waals surface area contributed by atoms with Gasteiger partial charge >= 0.3 is 0 Å². The first-order chi connectivity index (χ1) is 8.80. The molecule has 1 aromatic rings. The van der Waals surface area contributed by atoms with Gasteiger partial charge in [0.05, 0.1) is 5.69 Å². The van der Waals surface area contributed by atoms with Crippen LogP contribution in [0.15, 0.2) is 0 Å². The zero-order valence-electron chi connectivity index (χ0n) is 12.1. The lowest BCUT2D eigenvalue weighted by molar-refractivity contribution is 0.536. The Kier molecular flexibility index (Phi) is 4.81. The lowest BCUT2D eigenvalue weighted by Crippen LogP contribution is -2.16. The molecule has 0 atom stereocenters. The zero-order chi connectivity index (χ0) is 13.0. The molecule has 1 saturated carbocycles. The number of aryl methyl sites for hydroxylation is 1.